The first-order valence-corrected chi connectivity index (χ1v) is 7.27. The molecule has 2 aromatic rings. The second-order valence-corrected chi connectivity index (χ2v) is 6.28. The summed E-state index contributed by atoms with van der Waals surface area (Å²) in [6, 6.07) is 5.79. The first kappa shape index (κ1) is 11.5. The lowest BCUT2D eigenvalue weighted by Crippen LogP contribution is -1.88. The first-order valence-electron chi connectivity index (χ1n) is 4.96. The number of halogens is 1. The fourth-order valence-corrected chi connectivity index (χ4v) is 2.90. The average molecular weight is 258 g/mol. The van der Waals surface area contributed by atoms with Crippen molar-refractivity contribution < 1.29 is 8.42 Å². The van der Waals surface area contributed by atoms with E-state index in [0.29, 0.717) is 5.39 Å². The minimum Gasteiger partial charge on any atom is -0.349 e. The average Bonchev–Trinajstić information content (AvgIpc) is 2.55. The fraction of sp³-hybridized carbons (Fsp3) is 0.273. The molecule has 0 atom stereocenters. The number of hydrogen-bond donors (Lipinski definition) is 0. The molecule has 0 saturated carbocycles. The Hall–Kier alpha value is -1.00. The predicted octanol–water partition coefficient (Wildman–Crippen LogP) is 2.67. The zero-order chi connectivity index (χ0) is 11.9. The van der Waals surface area contributed by atoms with Gasteiger partial charge in [0.2, 0.25) is 0 Å². The molecule has 1 aromatic heterocycles. The number of rotatable bonds is 2. The van der Waals surface area contributed by atoms with E-state index in [9.17, 15) is 8.42 Å². The Bertz CT molecular complexity index is 643. The standard InChI is InChI=1S/C11H12ClNO2S/c1-3-8-4-5-10-9(6-8)11(7-13(10)2)16(12,14)15/h4-7H,3H2,1-2H3. The van der Waals surface area contributed by atoms with Gasteiger partial charge in [-0.05, 0) is 24.1 Å². The van der Waals surface area contributed by atoms with Crippen molar-refractivity contribution >= 4 is 30.6 Å². The second-order valence-electron chi connectivity index (χ2n) is 3.75. The Kier molecular flexibility index (Phi) is 2.72. The third-order valence-electron chi connectivity index (χ3n) is 2.69. The number of aromatic nitrogens is 1. The van der Waals surface area contributed by atoms with Crippen LogP contribution in [0.15, 0.2) is 29.3 Å². The van der Waals surface area contributed by atoms with E-state index >= 15 is 0 Å². The summed E-state index contributed by atoms with van der Waals surface area (Å²) < 4.78 is 24.6. The number of hydrogen-bond acceptors (Lipinski definition) is 2. The number of fused-ring (bicyclic) bond motifs is 1. The minimum atomic E-state index is -3.68. The predicted molar refractivity (Wildman–Crippen MR) is 65.3 cm³/mol. The quantitative estimate of drug-likeness (QED) is 0.776. The van der Waals surface area contributed by atoms with Gasteiger partial charge < -0.3 is 4.57 Å². The van der Waals surface area contributed by atoms with Gasteiger partial charge in [-0.2, -0.15) is 0 Å². The topological polar surface area (TPSA) is 39.1 Å². The molecule has 0 amide bonds. The summed E-state index contributed by atoms with van der Waals surface area (Å²) >= 11 is 0. The molecule has 0 aliphatic carbocycles. The maximum Gasteiger partial charge on any atom is 0.263 e. The molecule has 2 rings (SSSR count). The molecule has 1 aromatic carbocycles. The number of nitrogens with zero attached hydrogens (tertiary/aromatic N) is 1. The summed E-state index contributed by atoms with van der Waals surface area (Å²) in [6.07, 6.45) is 2.42. The van der Waals surface area contributed by atoms with Crippen LogP contribution in [0.5, 0.6) is 0 Å². The van der Waals surface area contributed by atoms with Gasteiger partial charge >= 0.3 is 0 Å². The van der Waals surface area contributed by atoms with Gasteiger partial charge in [0.05, 0.1) is 0 Å². The smallest absolute Gasteiger partial charge is 0.263 e. The third kappa shape index (κ3) is 1.83. The van der Waals surface area contributed by atoms with E-state index in [1.165, 1.54) is 0 Å². The molecule has 5 heteroatoms. The molecule has 0 unspecified atom stereocenters. The molecule has 0 aliphatic rings. The molecule has 0 radical (unpaired) electrons. The van der Waals surface area contributed by atoms with E-state index < -0.39 is 9.05 Å². The van der Waals surface area contributed by atoms with Crippen LogP contribution in [0.4, 0.5) is 0 Å². The highest BCUT2D eigenvalue weighted by molar-refractivity contribution is 8.14. The molecule has 0 bridgehead atoms. The minimum absolute atomic E-state index is 0.182. The highest BCUT2D eigenvalue weighted by Crippen LogP contribution is 2.28. The largest absolute Gasteiger partial charge is 0.349 e. The van der Waals surface area contributed by atoms with E-state index in [2.05, 4.69) is 0 Å². The highest BCUT2D eigenvalue weighted by Gasteiger charge is 2.17. The van der Waals surface area contributed by atoms with Crippen LogP contribution in [0, 0.1) is 0 Å². The maximum atomic E-state index is 11.4. The lowest BCUT2D eigenvalue weighted by molar-refractivity contribution is 0.610. The summed E-state index contributed by atoms with van der Waals surface area (Å²) in [7, 11) is 3.53. The summed E-state index contributed by atoms with van der Waals surface area (Å²) in [5, 5.41) is 0.692. The summed E-state index contributed by atoms with van der Waals surface area (Å²) in [6.45, 7) is 2.03. The van der Waals surface area contributed by atoms with E-state index in [1.807, 2.05) is 25.1 Å². The molecule has 0 N–H and O–H groups in total. The lowest BCUT2D eigenvalue weighted by atomic mass is 10.1. The Balaban J connectivity index is 2.86. The van der Waals surface area contributed by atoms with Gasteiger partial charge in [-0.15, -0.1) is 0 Å². The molecule has 16 heavy (non-hydrogen) atoms. The van der Waals surface area contributed by atoms with Gasteiger partial charge in [0.1, 0.15) is 4.90 Å². The molecule has 0 aliphatic heterocycles. The zero-order valence-electron chi connectivity index (χ0n) is 9.07. The van der Waals surface area contributed by atoms with Crippen molar-refractivity contribution in [2.45, 2.75) is 18.2 Å². The van der Waals surface area contributed by atoms with Gasteiger partial charge in [-0.1, -0.05) is 13.0 Å². The van der Waals surface area contributed by atoms with E-state index in [1.54, 1.807) is 17.8 Å². The Morgan fingerprint density at radius 1 is 1.38 bits per heavy atom. The molecule has 0 spiro atoms. The van der Waals surface area contributed by atoms with E-state index in [-0.39, 0.29) is 4.90 Å². The molecular weight excluding hydrogens is 246 g/mol. The molecule has 86 valence electrons. The Morgan fingerprint density at radius 2 is 2.06 bits per heavy atom. The maximum absolute atomic E-state index is 11.4. The first-order chi connectivity index (χ1) is 7.43. The van der Waals surface area contributed by atoms with E-state index in [4.69, 9.17) is 10.7 Å². The normalized spacial score (nSPS) is 12.2. The van der Waals surface area contributed by atoms with Crippen LogP contribution in [0.2, 0.25) is 0 Å². The summed E-state index contributed by atoms with van der Waals surface area (Å²) in [4.78, 5) is 0.182. The van der Waals surface area contributed by atoms with Gasteiger partial charge in [-0.25, -0.2) is 8.42 Å². The van der Waals surface area contributed by atoms with Gasteiger partial charge in [0.25, 0.3) is 9.05 Å². The zero-order valence-corrected chi connectivity index (χ0v) is 10.6. The van der Waals surface area contributed by atoms with Crippen LogP contribution in [0.3, 0.4) is 0 Å². The third-order valence-corrected chi connectivity index (χ3v) is 4.04. The van der Waals surface area contributed by atoms with Crippen LogP contribution in [-0.2, 0) is 22.5 Å². The van der Waals surface area contributed by atoms with Crippen LogP contribution in [0.25, 0.3) is 10.9 Å². The van der Waals surface area contributed by atoms with Crippen molar-refractivity contribution in [3.8, 4) is 0 Å². The molecule has 0 saturated heterocycles. The van der Waals surface area contributed by atoms with E-state index in [0.717, 1.165) is 17.5 Å². The highest BCUT2D eigenvalue weighted by atomic mass is 35.7. The van der Waals surface area contributed by atoms with Crippen molar-refractivity contribution in [2.75, 3.05) is 0 Å². The van der Waals surface area contributed by atoms with Crippen molar-refractivity contribution in [2.24, 2.45) is 7.05 Å². The Morgan fingerprint density at radius 3 is 2.62 bits per heavy atom. The summed E-state index contributed by atoms with van der Waals surface area (Å²) in [5.74, 6) is 0. The SMILES string of the molecule is CCc1ccc2c(c1)c(S(=O)(=O)Cl)cn2C. The van der Waals surface area contributed by atoms with Crippen LogP contribution in [-0.4, -0.2) is 13.0 Å². The second kappa shape index (κ2) is 3.79. The van der Waals surface area contributed by atoms with Gasteiger partial charge in [0.15, 0.2) is 0 Å². The molecule has 3 nitrogen and oxygen atoms in total. The lowest BCUT2D eigenvalue weighted by Gasteiger charge is -1.99. The van der Waals surface area contributed by atoms with Gasteiger partial charge in [-0.3, -0.25) is 0 Å². The van der Waals surface area contributed by atoms with Crippen molar-refractivity contribution in [3.05, 3.63) is 30.0 Å². The molecule has 1 heterocycles. The van der Waals surface area contributed by atoms with Crippen molar-refractivity contribution in [3.63, 3.8) is 0 Å². The Labute approximate surface area is 99.1 Å². The number of benzene rings is 1. The van der Waals surface area contributed by atoms with Crippen molar-refractivity contribution in [1.82, 2.24) is 4.57 Å². The fourth-order valence-electron chi connectivity index (χ4n) is 1.82. The van der Waals surface area contributed by atoms with Crippen molar-refractivity contribution in [1.29, 1.82) is 0 Å². The van der Waals surface area contributed by atoms with Gasteiger partial charge in [0, 0.05) is 34.8 Å². The summed E-state index contributed by atoms with van der Waals surface area (Å²) in [5.41, 5.74) is 1.97. The van der Waals surface area contributed by atoms with Crippen LogP contribution >= 0.6 is 10.7 Å². The monoisotopic (exact) mass is 257 g/mol. The number of aryl methyl sites for hydroxylation is 2. The molecule has 0 fully saturated rings. The van der Waals surface area contributed by atoms with Crippen LogP contribution < -0.4 is 0 Å². The molecular formula is C11H12ClNO2S. The van der Waals surface area contributed by atoms with Crippen LogP contribution in [0.1, 0.15) is 12.5 Å².